The molecule has 146 valence electrons. The van der Waals surface area contributed by atoms with Gasteiger partial charge in [-0.1, -0.05) is 6.92 Å². The number of piperidine rings is 1. The van der Waals surface area contributed by atoms with E-state index in [2.05, 4.69) is 37.4 Å². The fraction of sp³-hybridized carbons (Fsp3) is 0.400. The maximum Gasteiger partial charge on any atom is 0.328 e. The van der Waals surface area contributed by atoms with E-state index in [-0.39, 0.29) is 0 Å². The number of benzene rings is 1. The molecule has 2 N–H and O–H groups in total. The Labute approximate surface area is 163 Å². The second-order valence-electron chi connectivity index (χ2n) is 7.04. The molecule has 1 saturated heterocycles. The molecular formula is C20H24N6O2. The van der Waals surface area contributed by atoms with E-state index in [9.17, 15) is 9.90 Å². The average molecular weight is 380 g/mol. The Balaban J connectivity index is 1.55. The van der Waals surface area contributed by atoms with Crippen molar-refractivity contribution in [3.05, 3.63) is 36.7 Å². The maximum absolute atomic E-state index is 11.5. The Morgan fingerprint density at radius 2 is 1.93 bits per heavy atom. The molecule has 0 spiro atoms. The third-order valence-corrected chi connectivity index (χ3v) is 5.15. The molecule has 0 saturated carbocycles. The number of carboxylic acids is 1. The lowest BCUT2D eigenvalue weighted by Gasteiger charge is -2.28. The molecule has 0 bridgehead atoms. The molecule has 28 heavy (non-hydrogen) atoms. The standard InChI is InChI=1S/C20H24N6O2/c1-2-17(19(27)28)26-18-14(13-22-26)12-21-20(24-18)23-15-6-8-16(9-7-15)25-10-4-3-5-11-25/h6-9,12-13,17H,2-5,10-11H2,1H3,(H,27,28)(H,21,23,24). The van der Waals surface area contributed by atoms with Crippen LogP contribution in [0.25, 0.3) is 11.0 Å². The zero-order chi connectivity index (χ0) is 19.5. The van der Waals surface area contributed by atoms with E-state index < -0.39 is 12.0 Å². The van der Waals surface area contributed by atoms with Crippen LogP contribution in [0, 0.1) is 0 Å². The van der Waals surface area contributed by atoms with Gasteiger partial charge in [-0.3, -0.25) is 0 Å². The van der Waals surface area contributed by atoms with Crippen molar-refractivity contribution in [3.63, 3.8) is 0 Å². The van der Waals surface area contributed by atoms with Crippen molar-refractivity contribution >= 4 is 34.3 Å². The molecule has 1 aliphatic heterocycles. The number of hydrogen-bond donors (Lipinski definition) is 2. The first-order chi connectivity index (χ1) is 13.7. The minimum absolute atomic E-state index is 0.417. The van der Waals surface area contributed by atoms with Crippen LogP contribution in [0.15, 0.2) is 36.7 Å². The van der Waals surface area contributed by atoms with Crippen LogP contribution in [0.4, 0.5) is 17.3 Å². The van der Waals surface area contributed by atoms with Gasteiger partial charge in [0.05, 0.1) is 11.6 Å². The Morgan fingerprint density at radius 1 is 1.18 bits per heavy atom. The number of carbonyl (C=O) groups is 1. The molecule has 2 aromatic heterocycles. The summed E-state index contributed by atoms with van der Waals surface area (Å²) in [5.74, 6) is -0.505. The van der Waals surface area contributed by atoms with E-state index in [1.807, 2.05) is 19.1 Å². The first-order valence-electron chi connectivity index (χ1n) is 9.71. The van der Waals surface area contributed by atoms with Crippen molar-refractivity contribution in [2.75, 3.05) is 23.3 Å². The van der Waals surface area contributed by atoms with Crippen LogP contribution in [0.2, 0.25) is 0 Å². The summed E-state index contributed by atoms with van der Waals surface area (Å²) in [5, 5.41) is 17.5. The van der Waals surface area contributed by atoms with Gasteiger partial charge in [-0.15, -0.1) is 0 Å². The monoisotopic (exact) mass is 380 g/mol. The lowest BCUT2D eigenvalue weighted by molar-refractivity contribution is -0.141. The topological polar surface area (TPSA) is 96.2 Å². The number of fused-ring (bicyclic) bond motifs is 1. The Morgan fingerprint density at radius 3 is 2.61 bits per heavy atom. The SMILES string of the molecule is CCC(C(=O)O)n1ncc2cnc(Nc3ccc(N4CCCCC4)cc3)nc21. The summed E-state index contributed by atoms with van der Waals surface area (Å²) in [6, 6.07) is 7.49. The Bertz CT molecular complexity index is 962. The molecule has 1 unspecified atom stereocenters. The molecule has 0 aliphatic carbocycles. The summed E-state index contributed by atoms with van der Waals surface area (Å²) >= 11 is 0. The van der Waals surface area contributed by atoms with Crippen LogP contribution in [0.1, 0.15) is 38.6 Å². The van der Waals surface area contributed by atoms with Crippen LogP contribution in [0.3, 0.4) is 0 Å². The van der Waals surface area contributed by atoms with Crippen LogP contribution in [-0.4, -0.2) is 43.9 Å². The second kappa shape index (κ2) is 7.84. The van der Waals surface area contributed by atoms with Gasteiger partial charge in [-0.2, -0.15) is 10.1 Å². The molecule has 1 fully saturated rings. The first kappa shape index (κ1) is 18.2. The molecule has 0 amide bonds. The third kappa shape index (κ3) is 3.62. The fourth-order valence-corrected chi connectivity index (χ4v) is 3.61. The molecule has 0 radical (unpaired) electrons. The van der Waals surface area contributed by atoms with Crippen molar-refractivity contribution in [3.8, 4) is 0 Å². The van der Waals surface area contributed by atoms with Gasteiger partial charge in [-0.25, -0.2) is 14.5 Å². The number of aliphatic carboxylic acids is 1. The minimum Gasteiger partial charge on any atom is -0.480 e. The highest BCUT2D eigenvalue weighted by Gasteiger charge is 2.21. The van der Waals surface area contributed by atoms with Crippen LogP contribution >= 0.6 is 0 Å². The van der Waals surface area contributed by atoms with Crippen molar-refractivity contribution in [1.29, 1.82) is 0 Å². The molecule has 1 aliphatic rings. The number of rotatable bonds is 6. The molecule has 3 aromatic rings. The molecular weight excluding hydrogens is 356 g/mol. The quantitative estimate of drug-likeness (QED) is 0.674. The fourth-order valence-electron chi connectivity index (χ4n) is 3.61. The molecule has 1 atom stereocenters. The molecule has 1 aromatic carbocycles. The van der Waals surface area contributed by atoms with Crippen LogP contribution in [-0.2, 0) is 4.79 Å². The van der Waals surface area contributed by atoms with Gasteiger partial charge in [-0.05, 0) is 49.9 Å². The van der Waals surface area contributed by atoms with Gasteiger partial charge in [0.15, 0.2) is 11.7 Å². The normalized spacial score (nSPS) is 15.5. The summed E-state index contributed by atoms with van der Waals surface area (Å²) in [5.41, 5.74) is 2.63. The number of aromatic nitrogens is 4. The maximum atomic E-state index is 11.5. The highest BCUT2D eigenvalue weighted by atomic mass is 16.4. The van der Waals surface area contributed by atoms with E-state index in [1.165, 1.54) is 29.6 Å². The minimum atomic E-state index is -0.922. The number of anilines is 3. The highest BCUT2D eigenvalue weighted by Crippen LogP contribution is 2.24. The van der Waals surface area contributed by atoms with Crippen molar-refractivity contribution in [2.24, 2.45) is 0 Å². The lowest BCUT2D eigenvalue weighted by Crippen LogP contribution is -2.29. The average Bonchev–Trinajstić information content (AvgIpc) is 3.13. The molecule has 4 rings (SSSR count). The van der Waals surface area contributed by atoms with Gasteiger partial charge < -0.3 is 15.3 Å². The summed E-state index contributed by atoms with van der Waals surface area (Å²) in [6.45, 7) is 4.04. The largest absolute Gasteiger partial charge is 0.480 e. The van der Waals surface area contributed by atoms with E-state index in [4.69, 9.17) is 0 Å². The van der Waals surface area contributed by atoms with Crippen LogP contribution < -0.4 is 10.2 Å². The second-order valence-corrected chi connectivity index (χ2v) is 7.04. The predicted molar refractivity (Wildman–Crippen MR) is 108 cm³/mol. The summed E-state index contributed by atoms with van der Waals surface area (Å²) < 4.78 is 1.45. The molecule has 8 nitrogen and oxygen atoms in total. The zero-order valence-electron chi connectivity index (χ0n) is 15.9. The molecule has 8 heteroatoms. The van der Waals surface area contributed by atoms with Gasteiger partial charge in [0.2, 0.25) is 5.95 Å². The highest BCUT2D eigenvalue weighted by molar-refractivity contribution is 5.79. The van der Waals surface area contributed by atoms with Gasteiger partial charge in [0.1, 0.15) is 0 Å². The summed E-state index contributed by atoms with van der Waals surface area (Å²) in [4.78, 5) is 22.7. The lowest BCUT2D eigenvalue weighted by atomic mass is 10.1. The van der Waals surface area contributed by atoms with E-state index in [1.54, 1.807) is 12.4 Å². The van der Waals surface area contributed by atoms with Gasteiger partial charge >= 0.3 is 5.97 Å². The Kier molecular flexibility index (Phi) is 5.10. The summed E-state index contributed by atoms with van der Waals surface area (Å²) in [6.07, 6.45) is 7.49. The zero-order valence-corrected chi connectivity index (χ0v) is 15.9. The number of hydrogen-bond acceptors (Lipinski definition) is 6. The van der Waals surface area contributed by atoms with E-state index in [0.29, 0.717) is 23.4 Å². The van der Waals surface area contributed by atoms with Crippen molar-refractivity contribution in [2.45, 2.75) is 38.6 Å². The van der Waals surface area contributed by atoms with Crippen molar-refractivity contribution in [1.82, 2.24) is 19.7 Å². The Hall–Kier alpha value is -3.16. The first-order valence-corrected chi connectivity index (χ1v) is 9.71. The van der Waals surface area contributed by atoms with Crippen molar-refractivity contribution < 1.29 is 9.90 Å². The van der Waals surface area contributed by atoms with Crippen LogP contribution in [0.5, 0.6) is 0 Å². The number of carboxylic acid groups (broad SMARTS) is 1. The van der Waals surface area contributed by atoms with Gasteiger partial charge in [0, 0.05) is 30.7 Å². The van der Waals surface area contributed by atoms with E-state index >= 15 is 0 Å². The molecule has 3 heterocycles. The number of nitrogens with one attached hydrogen (secondary N) is 1. The smallest absolute Gasteiger partial charge is 0.328 e. The van der Waals surface area contributed by atoms with E-state index in [0.717, 1.165) is 18.8 Å². The predicted octanol–water partition coefficient (Wildman–Crippen LogP) is 3.60. The van der Waals surface area contributed by atoms with Gasteiger partial charge in [0.25, 0.3) is 0 Å². The third-order valence-electron chi connectivity index (χ3n) is 5.15. The number of nitrogens with zero attached hydrogens (tertiary/aromatic N) is 5. The summed E-state index contributed by atoms with van der Waals surface area (Å²) in [7, 11) is 0.